The fourth-order valence-electron chi connectivity index (χ4n) is 6.28. The molecule has 2 amide bonds. The van der Waals surface area contributed by atoms with Crippen molar-refractivity contribution in [1.82, 2.24) is 10.6 Å². The van der Waals surface area contributed by atoms with Gasteiger partial charge in [-0.15, -0.1) is 0 Å². The van der Waals surface area contributed by atoms with Gasteiger partial charge in [-0.1, -0.05) is 201 Å². The van der Waals surface area contributed by atoms with E-state index in [-0.39, 0.29) is 11.8 Å². The van der Waals surface area contributed by atoms with Crippen molar-refractivity contribution >= 4 is 11.8 Å². The Morgan fingerprint density at radius 3 is 1.11 bits per heavy atom. The van der Waals surface area contributed by atoms with E-state index in [9.17, 15) is 9.59 Å². The number of rotatable bonds is 35. The lowest BCUT2D eigenvalue weighted by molar-refractivity contribution is -0.129. The van der Waals surface area contributed by atoms with Gasteiger partial charge in [-0.25, -0.2) is 0 Å². The van der Waals surface area contributed by atoms with Gasteiger partial charge in [0.2, 0.25) is 11.8 Å². The lowest BCUT2D eigenvalue weighted by Crippen LogP contribution is -2.47. The maximum absolute atomic E-state index is 12.8. The zero-order valence-corrected chi connectivity index (χ0v) is 30.6. The molecule has 0 saturated heterocycles. The molecular weight excluding hydrogens is 540 g/mol. The molecule has 0 aliphatic heterocycles. The number of carbonyl (C=O) groups is 2. The first-order valence-electron chi connectivity index (χ1n) is 20.1. The number of hydrogen-bond acceptors (Lipinski definition) is 2. The molecule has 0 aliphatic carbocycles. The van der Waals surface area contributed by atoms with E-state index in [4.69, 9.17) is 0 Å². The second kappa shape index (κ2) is 34.8. The SMILES string of the molecule is CCCCCCCCCCCCCCCCCCCCCC(=O)N[C@@H](CC(C)C)C(=O)NCCCCCCCCCCCC. The molecule has 4 nitrogen and oxygen atoms in total. The van der Waals surface area contributed by atoms with Gasteiger partial charge in [0.25, 0.3) is 0 Å². The standard InChI is InChI=1S/C40H80N2O2/c1-5-7-9-11-13-15-17-18-19-20-21-22-23-24-25-26-28-30-32-34-39(43)42-38(36-37(3)4)40(44)41-35-33-31-29-27-16-14-12-10-8-6-2/h37-38H,5-36H2,1-4H3,(H,41,44)(H,42,43)/t38-/m0/s1. The first kappa shape index (κ1) is 42.9. The minimum Gasteiger partial charge on any atom is -0.354 e. The Morgan fingerprint density at radius 2 is 0.773 bits per heavy atom. The van der Waals surface area contributed by atoms with E-state index < -0.39 is 6.04 Å². The fraction of sp³-hybridized carbons (Fsp3) is 0.950. The normalized spacial score (nSPS) is 12.1. The van der Waals surface area contributed by atoms with E-state index in [1.807, 2.05) is 0 Å². The third kappa shape index (κ3) is 32.3. The Labute approximate surface area is 276 Å². The number of unbranched alkanes of at least 4 members (excludes halogenated alkanes) is 27. The topological polar surface area (TPSA) is 58.2 Å². The fourth-order valence-corrected chi connectivity index (χ4v) is 6.28. The van der Waals surface area contributed by atoms with Crippen LogP contribution in [0.25, 0.3) is 0 Å². The summed E-state index contributed by atoms with van der Waals surface area (Å²) < 4.78 is 0. The highest BCUT2D eigenvalue weighted by Gasteiger charge is 2.21. The minimum absolute atomic E-state index is 0.00357. The van der Waals surface area contributed by atoms with Crippen LogP contribution in [0.5, 0.6) is 0 Å². The first-order valence-corrected chi connectivity index (χ1v) is 20.1. The second-order valence-electron chi connectivity index (χ2n) is 14.3. The summed E-state index contributed by atoms with van der Waals surface area (Å²) in [7, 11) is 0. The molecule has 2 N–H and O–H groups in total. The Morgan fingerprint density at radius 1 is 0.455 bits per heavy atom. The van der Waals surface area contributed by atoms with Crippen LogP contribution < -0.4 is 10.6 Å². The maximum atomic E-state index is 12.8. The predicted octanol–water partition coefficient (Wildman–Crippen LogP) is 12.4. The zero-order chi connectivity index (χ0) is 32.4. The molecule has 0 heterocycles. The first-order chi connectivity index (χ1) is 21.5. The summed E-state index contributed by atoms with van der Waals surface area (Å²) in [4.78, 5) is 25.4. The lowest BCUT2D eigenvalue weighted by Gasteiger charge is -2.20. The molecule has 4 heteroatoms. The van der Waals surface area contributed by atoms with Gasteiger partial charge < -0.3 is 10.6 Å². The average Bonchev–Trinajstić information content (AvgIpc) is 3.00. The van der Waals surface area contributed by atoms with Gasteiger partial charge >= 0.3 is 0 Å². The molecule has 0 aromatic carbocycles. The van der Waals surface area contributed by atoms with Crippen molar-refractivity contribution in [3.05, 3.63) is 0 Å². The smallest absolute Gasteiger partial charge is 0.242 e. The van der Waals surface area contributed by atoms with Crippen molar-refractivity contribution in [3.63, 3.8) is 0 Å². The third-order valence-corrected chi connectivity index (χ3v) is 9.20. The number of hydrogen-bond donors (Lipinski definition) is 2. The lowest BCUT2D eigenvalue weighted by atomic mass is 10.0. The quantitative estimate of drug-likeness (QED) is 0.0692. The van der Waals surface area contributed by atoms with Crippen molar-refractivity contribution in [1.29, 1.82) is 0 Å². The van der Waals surface area contributed by atoms with Gasteiger partial charge in [0.05, 0.1) is 0 Å². The summed E-state index contributed by atoms with van der Waals surface area (Å²) >= 11 is 0. The molecule has 0 fully saturated rings. The molecule has 0 aliphatic rings. The third-order valence-electron chi connectivity index (χ3n) is 9.20. The highest BCUT2D eigenvalue weighted by molar-refractivity contribution is 5.87. The van der Waals surface area contributed by atoms with Crippen LogP contribution >= 0.6 is 0 Å². The van der Waals surface area contributed by atoms with Crippen molar-refractivity contribution < 1.29 is 9.59 Å². The van der Waals surface area contributed by atoms with E-state index in [1.165, 1.54) is 167 Å². The predicted molar refractivity (Wildman–Crippen MR) is 194 cm³/mol. The summed E-state index contributed by atoms with van der Waals surface area (Å²) in [6.07, 6.45) is 39.9. The molecular formula is C40H80N2O2. The van der Waals surface area contributed by atoms with Gasteiger partial charge in [-0.2, -0.15) is 0 Å². The molecule has 44 heavy (non-hydrogen) atoms. The summed E-state index contributed by atoms with van der Waals surface area (Å²) in [6, 6.07) is -0.397. The van der Waals surface area contributed by atoms with Crippen LogP contribution in [0, 0.1) is 5.92 Å². The molecule has 0 unspecified atom stereocenters. The summed E-state index contributed by atoms with van der Waals surface area (Å²) in [5.41, 5.74) is 0. The van der Waals surface area contributed by atoms with E-state index in [2.05, 4.69) is 38.3 Å². The molecule has 1 atom stereocenters. The minimum atomic E-state index is -0.397. The Kier molecular flexibility index (Phi) is 34.0. The molecule has 0 saturated carbocycles. The number of amides is 2. The van der Waals surface area contributed by atoms with E-state index in [1.54, 1.807) is 0 Å². The number of carbonyl (C=O) groups excluding carboxylic acids is 2. The van der Waals surface area contributed by atoms with Crippen LogP contribution in [0.15, 0.2) is 0 Å². The Balaban J connectivity index is 3.68. The van der Waals surface area contributed by atoms with E-state index in [0.717, 1.165) is 25.8 Å². The molecule has 262 valence electrons. The highest BCUT2D eigenvalue weighted by Crippen LogP contribution is 2.15. The molecule has 0 rings (SSSR count). The van der Waals surface area contributed by atoms with Crippen LogP contribution in [0.2, 0.25) is 0 Å². The summed E-state index contributed by atoms with van der Waals surface area (Å²) in [5.74, 6) is 0.408. The van der Waals surface area contributed by atoms with Crippen molar-refractivity contribution in [2.45, 2.75) is 233 Å². The van der Waals surface area contributed by atoms with Gasteiger partial charge in [-0.05, 0) is 25.2 Å². The van der Waals surface area contributed by atoms with E-state index >= 15 is 0 Å². The van der Waals surface area contributed by atoms with Crippen LogP contribution in [0.1, 0.15) is 227 Å². The Bertz CT molecular complexity index is 606. The molecule has 0 aromatic rings. The monoisotopic (exact) mass is 621 g/mol. The van der Waals surface area contributed by atoms with Gasteiger partial charge in [-0.3, -0.25) is 9.59 Å². The summed E-state index contributed by atoms with van der Waals surface area (Å²) in [6.45, 7) is 9.51. The van der Waals surface area contributed by atoms with Gasteiger partial charge in [0.15, 0.2) is 0 Å². The van der Waals surface area contributed by atoms with Crippen LogP contribution in [-0.4, -0.2) is 24.4 Å². The molecule has 0 aromatic heterocycles. The largest absolute Gasteiger partial charge is 0.354 e. The van der Waals surface area contributed by atoms with Crippen molar-refractivity contribution in [3.8, 4) is 0 Å². The average molecular weight is 621 g/mol. The van der Waals surface area contributed by atoms with E-state index in [0.29, 0.717) is 18.8 Å². The van der Waals surface area contributed by atoms with Crippen LogP contribution in [-0.2, 0) is 9.59 Å². The molecule has 0 radical (unpaired) electrons. The Hall–Kier alpha value is -1.06. The van der Waals surface area contributed by atoms with Gasteiger partial charge in [0.1, 0.15) is 6.04 Å². The van der Waals surface area contributed by atoms with Crippen LogP contribution in [0.4, 0.5) is 0 Å². The molecule has 0 bridgehead atoms. The maximum Gasteiger partial charge on any atom is 0.242 e. The number of nitrogens with one attached hydrogen (secondary N) is 2. The molecule has 0 spiro atoms. The van der Waals surface area contributed by atoms with Crippen molar-refractivity contribution in [2.75, 3.05) is 6.54 Å². The van der Waals surface area contributed by atoms with Crippen LogP contribution in [0.3, 0.4) is 0 Å². The second-order valence-corrected chi connectivity index (χ2v) is 14.3. The van der Waals surface area contributed by atoms with Gasteiger partial charge in [0, 0.05) is 13.0 Å². The summed E-state index contributed by atoms with van der Waals surface area (Å²) in [5, 5.41) is 6.14. The zero-order valence-electron chi connectivity index (χ0n) is 30.6. The van der Waals surface area contributed by atoms with Crippen molar-refractivity contribution in [2.24, 2.45) is 5.92 Å². The highest BCUT2D eigenvalue weighted by atomic mass is 16.2.